The first kappa shape index (κ1) is 12.1. The van der Waals surface area contributed by atoms with Crippen molar-refractivity contribution in [2.75, 3.05) is 13.2 Å². The van der Waals surface area contributed by atoms with Crippen molar-refractivity contribution < 1.29 is 5.11 Å². The lowest BCUT2D eigenvalue weighted by atomic mass is 10.0. The number of hydrogen-bond donors (Lipinski definition) is 1. The normalized spacial score (nSPS) is 22.3. The van der Waals surface area contributed by atoms with Crippen LogP contribution in [0.3, 0.4) is 0 Å². The second kappa shape index (κ2) is 5.80. The lowest BCUT2D eigenvalue weighted by Gasteiger charge is -2.36. The SMILES string of the molecule is C=C[C@@H]1C=CCCN1[C@@H](CO)c1ccccc1. The van der Waals surface area contributed by atoms with E-state index in [4.69, 9.17) is 0 Å². The van der Waals surface area contributed by atoms with E-state index in [9.17, 15) is 5.11 Å². The van der Waals surface area contributed by atoms with Crippen LogP contribution in [0.25, 0.3) is 0 Å². The number of aliphatic hydroxyl groups excluding tert-OH is 1. The monoisotopic (exact) mass is 229 g/mol. The van der Waals surface area contributed by atoms with E-state index in [-0.39, 0.29) is 18.7 Å². The van der Waals surface area contributed by atoms with Crippen LogP contribution in [0.4, 0.5) is 0 Å². The quantitative estimate of drug-likeness (QED) is 0.802. The molecule has 0 saturated heterocycles. The van der Waals surface area contributed by atoms with Gasteiger partial charge < -0.3 is 5.11 Å². The highest BCUT2D eigenvalue weighted by Gasteiger charge is 2.25. The van der Waals surface area contributed by atoms with E-state index in [2.05, 4.69) is 35.8 Å². The minimum Gasteiger partial charge on any atom is -0.394 e. The molecule has 90 valence electrons. The summed E-state index contributed by atoms with van der Waals surface area (Å²) in [7, 11) is 0. The largest absolute Gasteiger partial charge is 0.394 e. The zero-order chi connectivity index (χ0) is 12.1. The Labute approximate surface area is 103 Å². The zero-order valence-electron chi connectivity index (χ0n) is 10.00. The van der Waals surface area contributed by atoms with Gasteiger partial charge >= 0.3 is 0 Å². The first-order valence-corrected chi connectivity index (χ1v) is 6.07. The second-order valence-corrected chi connectivity index (χ2v) is 4.29. The summed E-state index contributed by atoms with van der Waals surface area (Å²) >= 11 is 0. The van der Waals surface area contributed by atoms with E-state index in [1.165, 1.54) is 0 Å². The van der Waals surface area contributed by atoms with Gasteiger partial charge in [-0.3, -0.25) is 4.90 Å². The Hall–Kier alpha value is -1.38. The minimum absolute atomic E-state index is 0.0594. The molecule has 0 unspecified atom stereocenters. The van der Waals surface area contributed by atoms with Gasteiger partial charge in [0.2, 0.25) is 0 Å². The van der Waals surface area contributed by atoms with Gasteiger partial charge in [0.05, 0.1) is 12.6 Å². The lowest BCUT2D eigenvalue weighted by molar-refractivity contribution is 0.111. The van der Waals surface area contributed by atoms with Crippen LogP contribution >= 0.6 is 0 Å². The maximum absolute atomic E-state index is 9.64. The van der Waals surface area contributed by atoms with Crippen LogP contribution in [-0.4, -0.2) is 29.2 Å². The molecule has 1 aliphatic rings. The van der Waals surface area contributed by atoms with Crippen LogP contribution in [0.1, 0.15) is 18.0 Å². The summed E-state index contributed by atoms with van der Waals surface area (Å²) in [6, 6.07) is 10.4. The molecule has 1 aromatic rings. The topological polar surface area (TPSA) is 23.5 Å². The molecule has 1 aliphatic heterocycles. The summed E-state index contributed by atoms with van der Waals surface area (Å²) in [4.78, 5) is 2.29. The second-order valence-electron chi connectivity index (χ2n) is 4.29. The standard InChI is InChI=1S/C15H19NO/c1-2-14-10-6-7-11-16(14)15(12-17)13-8-4-3-5-9-13/h2-6,8-10,14-15,17H,1,7,11-12H2/t14-,15+/m1/s1. The van der Waals surface area contributed by atoms with Crippen molar-refractivity contribution in [3.05, 3.63) is 60.7 Å². The van der Waals surface area contributed by atoms with Gasteiger partial charge in [-0.25, -0.2) is 0 Å². The number of benzene rings is 1. The van der Waals surface area contributed by atoms with Gasteiger partial charge in [-0.1, -0.05) is 48.6 Å². The number of aliphatic hydroxyl groups is 1. The molecule has 1 heterocycles. The van der Waals surface area contributed by atoms with E-state index in [0.717, 1.165) is 18.5 Å². The van der Waals surface area contributed by atoms with Crippen molar-refractivity contribution in [1.29, 1.82) is 0 Å². The fourth-order valence-electron chi connectivity index (χ4n) is 2.37. The third-order valence-electron chi connectivity index (χ3n) is 3.27. The van der Waals surface area contributed by atoms with Gasteiger partial charge in [0.1, 0.15) is 0 Å². The first-order valence-electron chi connectivity index (χ1n) is 6.07. The summed E-state index contributed by atoms with van der Waals surface area (Å²) in [6.07, 6.45) is 7.30. The Morgan fingerprint density at radius 2 is 2.18 bits per heavy atom. The van der Waals surface area contributed by atoms with Crippen LogP contribution in [0, 0.1) is 0 Å². The molecule has 0 spiro atoms. The molecule has 0 fully saturated rings. The summed E-state index contributed by atoms with van der Waals surface area (Å²) in [5, 5.41) is 9.64. The van der Waals surface area contributed by atoms with Crippen LogP contribution in [0.15, 0.2) is 55.1 Å². The molecule has 0 radical (unpaired) electrons. The first-order chi connectivity index (χ1) is 8.36. The highest BCUT2D eigenvalue weighted by molar-refractivity contribution is 5.21. The molecule has 1 aromatic carbocycles. The fraction of sp³-hybridized carbons (Fsp3) is 0.333. The smallest absolute Gasteiger partial charge is 0.0628 e. The van der Waals surface area contributed by atoms with E-state index < -0.39 is 0 Å². The summed E-state index contributed by atoms with van der Waals surface area (Å²) in [6.45, 7) is 4.98. The van der Waals surface area contributed by atoms with Gasteiger partial charge in [-0.2, -0.15) is 0 Å². The van der Waals surface area contributed by atoms with Crippen molar-refractivity contribution >= 4 is 0 Å². The maximum atomic E-state index is 9.64. The predicted molar refractivity (Wildman–Crippen MR) is 70.7 cm³/mol. The average Bonchev–Trinajstić information content (AvgIpc) is 2.41. The molecule has 0 amide bonds. The third-order valence-corrected chi connectivity index (χ3v) is 3.27. The molecular weight excluding hydrogens is 210 g/mol. The average molecular weight is 229 g/mol. The molecule has 2 heteroatoms. The van der Waals surface area contributed by atoms with Crippen molar-refractivity contribution in [2.24, 2.45) is 0 Å². The molecule has 0 saturated carbocycles. The Morgan fingerprint density at radius 1 is 1.41 bits per heavy atom. The van der Waals surface area contributed by atoms with Gasteiger partial charge in [0, 0.05) is 12.6 Å². The molecule has 2 nitrogen and oxygen atoms in total. The van der Waals surface area contributed by atoms with Crippen LogP contribution < -0.4 is 0 Å². The van der Waals surface area contributed by atoms with Crippen molar-refractivity contribution in [1.82, 2.24) is 4.90 Å². The Morgan fingerprint density at radius 3 is 2.82 bits per heavy atom. The van der Waals surface area contributed by atoms with E-state index in [1.807, 2.05) is 24.3 Å². The molecule has 2 atom stereocenters. The maximum Gasteiger partial charge on any atom is 0.0628 e. The molecule has 2 rings (SSSR count). The van der Waals surface area contributed by atoms with E-state index >= 15 is 0 Å². The summed E-state index contributed by atoms with van der Waals surface area (Å²) < 4.78 is 0. The zero-order valence-corrected chi connectivity index (χ0v) is 10.00. The molecule has 0 aromatic heterocycles. The molecule has 0 aliphatic carbocycles. The van der Waals surface area contributed by atoms with Gasteiger partial charge in [0.25, 0.3) is 0 Å². The highest BCUT2D eigenvalue weighted by atomic mass is 16.3. The minimum atomic E-state index is 0.0594. The van der Waals surface area contributed by atoms with Gasteiger partial charge in [0.15, 0.2) is 0 Å². The number of rotatable bonds is 4. The fourth-order valence-corrected chi connectivity index (χ4v) is 2.37. The van der Waals surface area contributed by atoms with Gasteiger partial charge in [-0.05, 0) is 12.0 Å². The van der Waals surface area contributed by atoms with Crippen molar-refractivity contribution in [3.8, 4) is 0 Å². The summed E-state index contributed by atoms with van der Waals surface area (Å²) in [5.74, 6) is 0. The molecule has 1 N–H and O–H groups in total. The Balaban J connectivity index is 2.23. The van der Waals surface area contributed by atoms with E-state index in [1.54, 1.807) is 0 Å². The molecular formula is C15H19NO. The van der Waals surface area contributed by atoms with Gasteiger partial charge in [-0.15, -0.1) is 6.58 Å². The van der Waals surface area contributed by atoms with Crippen LogP contribution in [0.2, 0.25) is 0 Å². The predicted octanol–water partition coefficient (Wildman–Crippen LogP) is 2.54. The molecule has 17 heavy (non-hydrogen) atoms. The Bertz CT molecular complexity index is 385. The van der Waals surface area contributed by atoms with Crippen LogP contribution in [0.5, 0.6) is 0 Å². The van der Waals surface area contributed by atoms with Crippen molar-refractivity contribution in [3.63, 3.8) is 0 Å². The number of nitrogens with zero attached hydrogens (tertiary/aromatic N) is 1. The molecule has 0 bridgehead atoms. The highest BCUT2D eigenvalue weighted by Crippen LogP contribution is 2.25. The van der Waals surface area contributed by atoms with Crippen LogP contribution in [-0.2, 0) is 0 Å². The lowest BCUT2D eigenvalue weighted by Crippen LogP contribution is -2.40. The Kier molecular flexibility index (Phi) is 4.13. The van der Waals surface area contributed by atoms with E-state index in [0.29, 0.717) is 0 Å². The number of hydrogen-bond acceptors (Lipinski definition) is 2. The summed E-state index contributed by atoms with van der Waals surface area (Å²) in [5.41, 5.74) is 1.16. The van der Waals surface area contributed by atoms with Crippen molar-refractivity contribution in [2.45, 2.75) is 18.5 Å². The third kappa shape index (κ3) is 2.65.